The van der Waals surface area contributed by atoms with Gasteiger partial charge in [0.1, 0.15) is 23.6 Å². The molecule has 0 aliphatic carbocycles. The Morgan fingerprint density at radius 2 is 2.30 bits per heavy atom. The average Bonchev–Trinajstić information content (AvgIpc) is 3.21. The van der Waals surface area contributed by atoms with Crippen LogP contribution in [-0.4, -0.2) is 45.6 Å². The topological polar surface area (TPSA) is 94.1 Å². The van der Waals surface area contributed by atoms with Crippen LogP contribution in [0.1, 0.15) is 16.2 Å². The number of hydrogen-bond donors (Lipinski definition) is 1. The summed E-state index contributed by atoms with van der Waals surface area (Å²) in [5.41, 5.74) is 0.856. The summed E-state index contributed by atoms with van der Waals surface area (Å²) in [5.74, 6) is 0.372. The van der Waals surface area contributed by atoms with Crippen molar-refractivity contribution >= 4 is 5.91 Å². The lowest BCUT2D eigenvalue weighted by Gasteiger charge is -2.19. The van der Waals surface area contributed by atoms with Crippen molar-refractivity contribution in [2.24, 2.45) is 14.1 Å². The second-order valence-corrected chi connectivity index (χ2v) is 5.40. The molecule has 0 aromatic carbocycles. The fourth-order valence-electron chi connectivity index (χ4n) is 2.51. The number of aromatic nitrogens is 3. The molecule has 120 valence electrons. The van der Waals surface area contributed by atoms with E-state index >= 15 is 0 Å². The van der Waals surface area contributed by atoms with E-state index in [0.29, 0.717) is 30.4 Å². The fourth-order valence-corrected chi connectivity index (χ4v) is 2.51. The second-order valence-electron chi connectivity index (χ2n) is 5.40. The lowest BCUT2D eigenvalue weighted by atomic mass is 10.2. The summed E-state index contributed by atoms with van der Waals surface area (Å²) in [6.45, 7) is 0.780. The molecular formula is C15H17N5O3. The Morgan fingerprint density at radius 3 is 2.96 bits per heavy atom. The number of hydrogen-bond acceptors (Lipinski definition) is 5. The molecule has 0 spiro atoms. The van der Waals surface area contributed by atoms with Crippen LogP contribution in [0.15, 0.2) is 24.5 Å². The van der Waals surface area contributed by atoms with E-state index in [9.17, 15) is 4.79 Å². The molecule has 8 heteroatoms. The number of rotatable bonds is 4. The van der Waals surface area contributed by atoms with Gasteiger partial charge in [-0.2, -0.15) is 10.4 Å². The zero-order valence-electron chi connectivity index (χ0n) is 12.9. The number of nitriles is 1. The first kappa shape index (κ1) is 15.1. The Morgan fingerprint density at radius 1 is 1.48 bits per heavy atom. The Kier molecular flexibility index (Phi) is 4.04. The smallest absolute Gasteiger partial charge is 0.268 e. The van der Waals surface area contributed by atoms with Crippen molar-refractivity contribution in [2.45, 2.75) is 12.1 Å². The zero-order valence-corrected chi connectivity index (χ0v) is 12.9. The summed E-state index contributed by atoms with van der Waals surface area (Å²) in [7, 11) is 3.49. The van der Waals surface area contributed by atoms with E-state index in [1.165, 1.54) is 0 Å². The predicted molar refractivity (Wildman–Crippen MR) is 79.8 cm³/mol. The van der Waals surface area contributed by atoms with Gasteiger partial charge in [-0.3, -0.25) is 9.48 Å². The van der Waals surface area contributed by atoms with Crippen LogP contribution in [0.2, 0.25) is 0 Å². The molecule has 23 heavy (non-hydrogen) atoms. The molecule has 2 aromatic rings. The normalized spacial score (nSPS) is 20.2. The first-order chi connectivity index (χ1) is 11.1. The number of aryl methyl sites for hydroxylation is 1. The molecule has 0 radical (unpaired) electrons. The molecule has 0 bridgehead atoms. The molecule has 1 fully saturated rings. The number of nitrogens with one attached hydrogen (secondary N) is 1. The number of carbonyl (C=O) groups is 1. The quantitative estimate of drug-likeness (QED) is 0.870. The highest BCUT2D eigenvalue weighted by atomic mass is 16.5. The number of amides is 1. The first-order valence-electron chi connectivity index (χ1n) is 7.18. The summed E-state index contributed by atoms with van der Waals surface area (Å²) >= 11 is 0. The third-order valence-electron chi connectivity index (χ3n) is 3.78. The van der Waals surface area contributed by atoms with Crippen molar-refractivity contribution in [1.29, 1.82) is 5.26 Å². The minimum Gasteiger partial charge on any atom is -0.482 e. The van der Waals surface area contributed by atoms with Gasteiger partial charge in [0.05, 0.1) is 31.6 Å². The summed E-state index contributed by atoms with van der Waals surface area (Å²) in [6.07, 6.45) is 3.10. The molecule has 1 aliphatic rings. The third-order valence-corrected chi connectivity index (χ3v) is 3.78. The molecular weight excluding hydrogens is 298 g/mol. The van der Waals surface area contributed by atoms with Crippen LogP contribution in [0.4, 0.5) is 0 Å². The van der Waals surface area contributed by atoms with Crippen LogP contribution in [0.25, 0.3) is 0 Å². The van der Waals surface area contributed by atoms with Gasteiger partial charge < -0.3 is 19.4 Å². The highest BCUT2D eigenvalue weighted by Gasteiger charge is 2.32. The summed E-state index contributed by atoms with van der Waals surface area (Å²) in [4.78, 5) is 12.4. The van der Waals surface area contributed by atoms with Crippen LogP contribution in [0.5, 0.6) is 5.75 Å². The van der Waals surface area contributed by atoms with Crippen LogP contribution < -0.4 is 10.1 Å². The second kappa shape index (κ2) is 6.14. The van der Waals surface area contributed by atoms with E-state index in [-0.39, 0.29) is 18.1 Å². The van der Waals surface area contributed by atoms with E-state index in [2.05, 4.69) is 10.4 Å². The van der Waals surface area contributed by atoms with Gasteiger partial charge in [-0.05, 0) is 12.1 Å². The SMILES string of the molecule is Cn1cc(O[C@@H]2COC[C@@H]2NC(=O)c2ccc(C#N)n2C)cn1. The van der Waals surface area contributed by atoms with Gasteiger partial charge in [-0.1, -0.05) is 0 Å². The Balaban J connectivity index is 1.67. The van der Waals surface area contributed by atoms with E-state index in [0.717, 1.165) is 0 Å². The Bertz CT molecular complexity index is 757. The van der Waals surface area contributed by atoms with Gasteiger partial charge in [-0.15, -0.1) is 0 Å². The largest absolute Gasteiger partial charge is 0.482 e. The van der Waals surface area contributed by atoms with Gasteiger partial charge in [-0.25, -0.2) is 0 Å². The van der Waals surface area contributed by atoms with Crippen molar-refractivity contribution in [3.05, 3.63) is 35.9 Å². The van der Waals surface area contributed by atoms with Gasteiger partial charge in [0.2, 0.25) is 0 Å². The highest BCUT2D eigenvalue weighted by molar-refractivity contribution is 5.93. The van der Waals surface area contributed by atoms with Gasteiger partial charge in [0, 0.05) is 14.1 Å². The maximum atomic E-state index is 12.4. The molecule has 8 nitrogen and oxygen atoms in total. The van der Waals surface area contributed by atoms with Crippen molar-refractivity contribution in [2.75, 3.05) is 13.2 Å². The molecule has 1 N–H and O–H groups in total. The number of nitrogens with zero attached hydrogens (tertiary/aromatic N) is 4. The summed E-state index contributed by atoms with van der Waals surface area (Å²) < 4.78 is 14.4. The Labute approximate surface area is 133 Å². The molecule has 2 atom stereocenters. The molecule has 3 rings (SSSR count). The first-order valence-corrected chi connectivity index (χ1v) is 7.18. The minimum atomic E-state index is -0.279. The Hall–Kier alpha value is -2.79. The van der Waals surface area contributed by atoms with Crippen LogP contribution >= 0.6 is 0 Å². The van der Waals surface area contributed by atoms with E-state index in [1.54, 1.807) is 47.9 Å². The molecule has 1 amide bonds. The van der Waals surface area contributed by atoms with Crippen molar-refractivity contribution in [3.8, 4) is 11.8 Å². The highest BCUT2D eigenvalue weighted by Crippen LogP contribution is 2.17. The number of carbonyl (C=O) groups excluding carboxylic acids is 1. The lowest BCUT2D eigenvalue weighted by molar-refractivity contribution is 0.0896. The van der Waals surface area contributed by atoms with Crippen LogP contribution in [0.3, 0.4) is 0 Å². The molecule has 0 unspecified atom stereocenters. The van der Waals surface area contributed by atoms with Gasteiger partial charge in [0.15, 0.2) is 5.75 Å². The van der Waals surface area contributed by atoms with Crippen LogP contribution in [0, 0.1) is 11.3 Å². The monoisotopic (exact) mass is 315 g/mol. The standard InChI is InChI=1S/C15H17N5O3/c1-19-7-11(6-17-19)23-14-9-22-8-12(14)18-15(21)13-4-3-10(5-16)20(13)2/h3-4,6-7,12,14H,8-9H2,1-2H3,(H,18,21)/t12-,14+/m0/s1. The van der Waals surface area contributed by atoms with Gasteiger partial charge in [0.25, 0.3) is 5.91 Å². The fraction of sp³-hybridized carbons (Fsp3) is 0.400. The molecule has 3 heterocycles. The molecule has 1 aliphatic heterocycles. The minimum absolute atomic E-state index is 0.260. The lowest BCUT2D eigenvalue weighted by Crippen LogP contribution is -2.45. The maximum absolute atomic E-state index is 12.4. The van der Waals surface area contributed by atoms with Crippen LogP contribution in [-0.2, 0) is 18.8 Å². The summed E-state index contributed by atoms with van der Waals surface area (Å²) in [6, 6.07) is 5.01. The van der Waals surface area contributed by atoms with Crippen molar-refractivity contribution in [3.63, 3.8) is 0 Å². The summed E-state index contributed by atoms with van der Waals surface area (Å²) in [5, 5.41) is 15.9. The van der Waals surface area contributed by atoms with Gasteiger partial charge >= 0.3 is 0 Å². The van der Waals surface area contributed by atoms with E-state index in [1.807, 2.05) is 6.07 Å². The van der Waals surface area contributed by atoms with Crippen molar-refractivity contribution < 1.29 is 14.3 Å². The molecule has 1 saturated heterocycles. The predicted octanol–water partition coefficient (Wildman–Crippen LogP) is 0.206. The van der Waals surface area contributed by atoms with E-state index in [4.69, 9.17) is 14.7 Å². The molecule has 2 aromatic heterocycles. The zero-order chi connectivity index (χ0) is 16.4. The average molecular weight is 315 g/mol. The number of ether oxygens (including phenoxy) is 2. The van der Waals surface area contributed by atoms with Crippen molar-refractivity contribution in [1.82, 2.24) is 19.7 Å². The maximum Gasteiger partial charge on any atom is 0.268 e. The van der Waals surface area contributed by atoms with E-state index < -0.39 is 0 Å². The third kappa shape index (κ3) is 3.05. The molecule has 0 saturated carbocycles.